The summed E-state index contributed by atoms with van der Waals surface area (Å²) >= 11 is 0. The number of hydrogen-bond acceptors (Lipinski definition) is 2. The van der Waals surface area contributed by atoms with Crippen LogP contribution in [0.4, 0.5) is 5.69 Å². The van der Waals surface area contributed by atoms with Crippen molar-refractivity contribution in [1.29, 1.82) is 0 Å². The maximum Gasteiger partial charge on any atom is 0.251 e. The number of nitrogens with one attached hydrogen (secondary N) is 2. The zero-order valence-corrected chi connectivity index (χ0v) is 13.3. The second-order valence-electron chi connectivity index (χ2n) is 6.33. The van der Waals surface area contributed by atoms with Gasteiger partial charge in [0.1, 0.15) is 0 Å². The van der Waals surface area contributed by atoms with E-state index in [0.29, 0.717) is 12.1 Å². The third-order valence-corrected chi connectivity index (χ3v) is 4.31. The lowest BCUT2D eigenvalue weighted by Gasteiger charge is -2.15. The molecule has 1 heterocycles. The Morgan fingerprint density at radius 1 is 1.13 bits per heavy atom. The molecule has 118 valence electrons. The van der Waals surface area contributed by atoms with Crippen LogP contribution in [-0.2, 0) is 16.6 Å². The fourth-order valence-electron chi connectivity index (χ4n) is 2.78. The van der Waals surface area contributed by atoms with Crippen molar-refractivity contribution >= 4 is 17.5 Å². The first-order valence-corrected chi connectivity index (χ1v) is 7.76. The Labute approximate surface area is 135 Å². The van der Waals surface area contributed by atoms with E-state index in [0.717, 1.165) is 17.7 Å². The highest BCUT2D eigenvalue weighted by atomic mass is 16.2. The van der Waals surface area contributed by atoms with Crippen LogP contribution in [0.15, 0.2) is 48.5 Å². The van der Waals surface area contributed by atoms with Gasteiger partial charge in [-0.1, -0.05) is 30.3 Å². The molecule has 0 atom stereocenters. The van der Waals surface area contributed by atoms with E-state index in [2.05, 4.69) is 10.6 Å². The molecule has 4 heteroatoms. The lowest BCUT2D eigenvalue weighted by molar-refractivity contribution is -0.119. The molecule has 0 saturated carbocycles. The molecule has 0 aliphatic carbocycles. The van der Waals surface area contributed by atoms with Crippen LogP contribution in [0.25, 0.3) is 0 Å². The minimum atomic E-state index is -0.602. The van der Waals surface area contributed by atoms with Crippen molar-refractivity contribution in [2.45, 2.75) is 25.7 Å². The van der Waals surface area contributed by atoms with Gasteiger partial charge in [0.15, 0.2) is 0 Å². The summed E-state index contributed by atoms with van der Waals surface area (Å²) in [5.41, 5.74) is 2.84. The van der Waals surface area contributed by atoms with Gasteiger partial charge in [-0.25, -0.2) is 0 Å². The van der Waals surface area contributed by atoms with E-state index >= 15 is 0 Å². The Hall–Kier alpha value is -2.62. The molecule has 0 radical (unpaired) electrons. The largest absolute Gasteiger partial charge is 0.352 e. The Morgan fingerprint density at radius 3 is 2.61 bits per heavy atom. The van der Waals surface area contributed by atoms with Gasteiger partial charge in [-0.3, -0.25) is 9.59 Å². The highest BCUT2D eigenvalue weighted by Gasteiger charge is 2.38. The summed E-state index contributed by atoms with van der Waals surface area (Å²) in [6.07, 6.45) is 0.795. The van der Waals surface area contributed by atoms with Gasteiger partial charge < -0.3 is 10.6 Å². The van der Waals surface area contributed by atoms with E-state index in [1.807, 2.05) is 50.2 Å². The molecule has 0 saturated heterocycles. The summed E-state index contributed by atoms with van der Waals surface area (Å²) < 4.78 is 0. The van der Waals surface area contributed by atoms with Crippen LogP contribution in [0, 0.1) is 0 Å². The monoisotopic (exact) mass is 308 g/mol. The number of carbonyl (C=O) groups excluding carboxylic acids is 2. The standard InChI is InChI=1S/C19H20N2O2/c1-19(2)15-12-14(8-9-16(15)21-18(19)23)17(22)20-11-10-13-6-4-3-5-7-13/h3-9,12H,10-11H2,1-2H3,(H,20,22)(H,21,23). The Balaban J connectivity index is 1.67. The maximum atomic E-state index is 12.3. The molecular weight excluding hydrogens is 288 g/mol. The molecule has 1 aliphatic heterocycles. The highest BCUT2D eigenvalue weighted by molar-refractivity contribution is 6.07. The molecule has 4 nitrogen and oxygen atoms in total. The predicted octanol–water partition coefficient (Wildman–Crippen LogP) is 2.89. The molecule has 2 aromatic rings. The second kappa shape index (κ2) is 5.88. The third kappa shape index (κ3) is 2.97. The van der Waals surface area contributed by atoms with Crippen LogP contribution in [0.5, 0.6) is 0 Å². The summed E-state index contributed by atoms with van der Waals surface area (Å²) in [4.78, 5) is 24.3. The van der Waals surface area contributed by atoms with Crippen molar-refractivity contribution in [3.63, 3.8) is 0 Å². The highest BCUT2D eigenvalue weighted by Crippen LogP contribution is 2.37. The smallest absolute Gasteiger partial charge is 0.251 e. The number of benzene rings is 2. The molecule has 2 amide bonds. The quantitative estimate of drug-likeness (QED) is 0.912. The summed E-state index contributed by atoms with van der Waals surface area (Å²) in [7, 11) is 0. The van der Waals surface area contributed by atoms with E-state index in [1.54, 1.807) is 12.1 Å². The Kier molecular flexibility index (Phi) is 3.90. The second-order valence-corrected chi connectivity index (χ2v) is 6.33. The van der Waals surface area contributed by atoms with E-state index in [4.69, 9.17) is 0 Å². The SMILES string of the molecule is CC1(C)C(=O)Nc2ccc(C(=O)NCCc3ccccc3)cc21. The average molecular weight is 308 g/mol. The predicted molar refractivity (Wildman–Crippen MR) is 90.6 cm³/mol. The van der Waals surface area contributed by atoms with Crippen molar-refractivity contribution < 1.29 is 9.59 Å². The van der Waals surface area contributed by atoms with E-state index in [9.17, 15) is 9.59 Å². The molecule has 2 N–H and O–H groups in total. The summed E-state index contributed by atoms with van der Waals surface area (Å²) in [5, 5.41) is 5.78. The zero-order valence-electron chi connectivity index (χ0n) is 13.3. The van der Waals surface area contributed by atoms with E-state index in [-0.39, 0.29) is 11.8 Å². The first-order valence-electron chi connectivity index (χ1n) is 7.76. The lowest BCUT2D eigenvalue weighted by Crippen LogP contribution is -2.28. The fourth-order valence-corrected chi connectivity index (χ4v) is 2.78. The summed E-state index contributed by atoms with van der Waals surface area (Å²) in [6, 6.07) is 15.4. The number of carbonyl (C=O) groups is 2. The van der Waals surface area contributed by atoms with Crippen LogP contribution in [0.3, 0.4) is 0 Å². The molecule has 23 heavy (non-hydrogen) atoms. The number of hydrogen-bond donors (Lipinski definition) is 2. The van der Waals surface area contributed by atoms with Crippen LogP contribution in [0.1, 0.15) is 35.3 Å². The van der Waals surface area contributed by atoms with Crippen molar-refractivity contribution in [2.24, 2.45) is 0 Å². The first kappa shape index (κ1) is 15.3. The van der Waals surface area contributed by atoms with Gasteiger partial charge in [-0.05, 0) is 49.6 Å². The average Bonchev–Trinajstić information content (AvgIpc) is 2.77. The minimum Gasteiger partial charge on any atom is -0.352 e. The van der Waals surface area contributed by atoms with Gasteiger partial charge in [-0.15, -0.1) is 0 Å². The van der Waals surface area contributed by atoms with Gasteiger partial charge in [-0.2, -0.15) is 0 Å². The van der Waals surface area contributed by atoms with Gasteiger partial charge in [0.05, 0.1) is 5.41 Å². The van der Waals surface area contributed by atoms with Gasteiger partial charge in [0.25, 0.3) is 5.91 Å². The topological polar surface area (TPSA) is 58.2 Å². The van der Waals surface area contributed by atoms with Crippen LogP contribution >= 0.6 is 0 Å². The Bertz CT molecular complexity index is 751. The van der Waals surface area contributed by atoms with E-state index in [1.165, 1.54) is 5.56 Å². The molecule has 0 spiro atoms. The molecule has 3 rings (SSSR count). The van der Waals surface area contributed by atoms with Crippen LogP contribution < -0.4 is 10.6 Å². The van der Waals surface area contributed by atoms with Crippen molar-refractivity contribution in [3.05, 3.63) is 65.2 Å². The number of amides is 2. The molecule has 1 aliphatic rings. The molecular formula is C19H20N2O2. The zero-order chi connectivity index (χ0) is 16.4. The fraction of sp³-hybridized carbons (Fsp3) is 0.263. The number of rotatable bonds is 4. The van der Waals surface area contributed by atoms with E-state index < -0.39 is 5.41 Å². The van der Waals surface area contributed by atoms with Crippen LogP contribution in [-0.4, -0.2) is 18.4 Å². The molecule has 0 aromatic heterocycles. The summed E-state index contributed by atoms with van der Waals surface area (Å²) in [6.45, 7) is 4.32. The van der Waals surface area contributed by atoms with Crippen LogP contribution in [0.2, 0.25) is 0 Å². The normalized spacial score (nSPS) is 15.0. The van der Waals surface area contributed by atoms with Crippen molar-refractivity contribution in [2.75, 3.05) is 11.9 Å². The maximum absolute atomic E-state index is 12.3. The lowest BCUT2D eigenvalue weighted by atomic mass is 9.85. The molecule has 2 aromatic carbocycles. The van der Waals surface area contributed by atoms with Crippen molar-refractivity contribution in [3.8, 4) is 0 Å². The van der Waals surface area contributed by atoms with Gasteiger partial charge in [0.2, 0.25) is 5.91 Å². The molecule has 0 bridgehead atoms. The molecule has 0 fully saturated rings. The minimum absolute atomic E-state index is 0.0332. The summed E-state index contributed by atoms with van der Waals surface area (Å²) in [5.74, 6) is -0.145. The Morgan fingerprint density at radius 2 is 1.87 bits per heavy atom. The van der Waals surface area contributed by atoms with Gasteiger partial charge in [0, 0.05) is 17.8 Å². The van der Waals surface area contributed by atoms with Gasteiger partial charge >= 0.3 is 0 Å². The van der Waals surface area contributed by atoms with Crippen molar-refractivity contribution in [1.82, 2.24) is 5.32 Å². The molecule has 0 unspecified atom stereocenters. The number of anilines is 1. The third-order valence-electron chi connectivity index (χ3n) is 4.31. The first-order chi connectivity index (χ1) is 11.0. The number of fused-ring (bicyclic) bond motifs is 1.